The number of hydrogen-bond acceptors (Lipinski definition) is 4. The maximum atomic E-state index is 12.0. The molecule has 0 atom stereocenters. The third kappa shape index (κ3) is 4.46. The number of nitrogens with zero attached hydrogens (tertiary/aromatic N) is 1. The summed E-state index contributed by atoms with van der Waals surface area (Å²) < 4.78 is 24.1. The quantitative estimate of drug-likeness (QED) is 0.505. The Morgan fingerprint density at radius 3 is 2.36 bits per heavy atom. The Morgan fingerprint density at radius 2 is 1.73 bits per heavy atom. The van der Waals surface area contributed by atoms with Crippen LogP contribution in [0.2, 0.25) is 0 Å². The van der Waals surface area contributed by atoms with E-state index in [0.717, 1.165) is 5.56 Å². The molecule has 0 radical (unpaired) electrons. The van der Waals surface area contributed by atoms with Crippen molar-refractivity contribution in [2.24, 2.45) is 5.10 Å². The molecule has 0 amide bonds. The number of anilines is 1. The zero-order valence-corrected chi connectivity index (χ0v) is 12.9. The van der Waals surface area contributed by atoms with Gasteiger partial charge in [-0.3, -0.25) is 0 Å². The van der Waals surface area contributed by atoms with Crippen molar-refractivity contribution in [1.29, 1.82) is 0 Å². The fraction of sp³-hybridized carbons (Fsp3) is 0.0625. The van der Waals surface area contributed by atoms with Crippen LogP contribution in [-0.4, -0.2) is 14.1 Å². The van der Waals surface area contributed by atoms with Gasteiger partial charge in [0.05, 0.1) is 10.6 Å². The fourth-order valence-corrected chi connectivity index (χ4v) is 2.51. The number of nitrogens with one attached hydrogen (secondary N) is 1. The topological polar surface area (TPSA) is 84.5 Å². The number of sulfonamides is 1. The molecular formula is C16H17N3O2S. The lowest BCUT2D eigenvalue weighted by Gasteiger charge is -2.04. The van der Waals surface area contributed by atoms with Crippen LogP contribution in [0.15, 0.2) is 70.7 Å². The van der Waals surface area contributed by atoms with E-state index in [1.807, 2.05) is 36.4 Å². The minimum atomic E-state index is -3.68. The molecule has 0 spiro atoms. The van der Waals surface area contributed by atoms with Gasteiger partial charge in [-0.05, 0) is 42.8 Å². The molecule has 5 nitrogen and oxygen atoms in total. The lowest BCUT2D eigenvalue weighted by atomic mass is 10.2. The first-order valence-corrected chi connectivity index (χ1v) is 8.10. The van der Waals surface area contributed by atoms with Crippen LogP contribution < -0.4 is 10.6 Å². The van der Waals surface area contributed by atoms with Gasteiger partial charge in [0.1, 0.15) is 0 Å². The molecule has 0 unspecified atom stereocenters. The molecule has 2 aromatic carbocycles. The largest absolute Gasteiger partial charge is 0.399 e. The van der Waals surface area contributed by atoms with Gasteiger partial charge in [0, 0.05) is 5.69 Å². The Hall–Kier alpha value is -2.60. The van der Waals surface area contributed by atoms with Crippen LogP contribution in [0, 0.1) is 0 Å². The van der Waals surface area contributed by atoms with Crippen molar-refractivity contribution in [3.8, 4) is 0 Å². The number of benzene rings is 2. The number of rotatable bonds is 5. The SMILES string of the molecule is CC(/C=C/c1ccccc1)=N/NS(=O)(=O)c1ccc(N)cc1. The number of nitrogen functional groups attached to an aromatic ring is 1. The van der Waals surface area contributed by atoms with E-state index in [-0.39, 0.29) is 4.90 Å². The van der Waals surface area contributed by atoms with Gasteiger partial charge in [-0.2, -0.15) is 18.4 Å². The van der Waals surface area contributed by atoms with E-state index in [1.54, 1.807) is 13.0 Å². The summed E-state index contributed by atoms with van der Waals surface area (Å²) in [7, 11) is -3.68. The van der Waals surface area contributed by atoms with Crippen molar-refractivity contribution in [2.75, 3.05) is 5.73 Å². The monoisotopic (exact) mass is 315 g/mol. The standard InChI is InChI=1S/C16H17N3O2S/c1-13(7-8-14-5-3-2-4-6-14)18-19-22(20,21)16-11-9-15(17)10-12-16/h2-12,19H,17H2,1H3/b8-7+,18-13-. The Morgan fingerprint density at radius 1 is 1.09 bits per heavy atom. The minimum absolute atomic E-state index is 0.116. The Bertz CT molecular complexity index is 780. The van der Waals surface area contributed by atoms with Crippen molar-refractivity contribution in [3.05, 3.63) is 66.2 Å². The molecule has 22 heavy (non-hydrogen) atoms. The van der Waals surface area contributed by atoms with E-state index in [4.69, 9.17) is 5.73 Å². The number of hydrazone groups is 1. The number of allylic oxidation sites excluding steroid dienone is 1. The van der Waals surface area contributed by atoms with Crippen LogP contribution in [0.4, 0.5) is 5.69 Å². The Kier molecular flexibility index (Phi) is 4.95. The average Bonchev–Trinajstić information content (AvgIpc) is 2.52. The van der Waals surface area contributed by atoms with Gasteiger partial charge in [0.25, 0.3) is 10.0 Å². The second-order valence-corrected chi connectivity index (χ2v) is 6.32. The predicted molar refractivity (Wildman–Crippen MR) is 89.8 cm³/mol. The third-order valence-corrected chi connectivity index (χ3v) is 4.07. The Balaban J connectivity index is 2.06. The molecule has 0 bridgehead atoms. The molecule has 0 heterocycles. The maximum absolute atomic E-state index is 12.0. The molecule has 0 aliphatic carbocycles. The molecule has 0 saturated heterocycles. The lowest BCUT2D eigenvalue weighted by molar-refractivity contribution is 0.584. The highest BCUT2D eigenvalue weighted by Gasteiger charge is 2.11. The summed E-state index contributed by atoms with van der Waals surface area (Å²) in [6.07, 6.45) is 3.59. The lowest BCUT2D eigenvalue weighted by Crippen LogP contribution is -2.19. The first-order valence-electron chi connectivity index (χ1n) is 6.62. The summed E-state index contributed by atoms with van der Waals surface area (Å²) in [5.41, 5.74) is 7.60. The van der Waals surface area contributed by atoms with Crippen LogP contribution in [0.5, 0.6) is 0 Å². The summed E-state index contributed by atoms with van der Waals surface area (Å²) in [6.45, 7) is 1.71. The molecule has 0 saturated carbocycles. The molecule has 0 aromatic heterocycles. The molecule has 0 aliphatic heterocycles. The van der Waals surface area contributed by atoms with Crippen molar-refractivity contribution in [3.63, 3.8) is 0 Å². The molecule has 2 aromatic rings. The smallest absolute Gasteiger partial charge is 0.276 e. The molecule has 114 valence electrons. The highest BCUT2D eigenvalue weighted by atomic mass is 32.2. The Labute approximate surface area is 130 Å². The molecule has 0 aliphatic rings. The van der Waals surface area contributed by atoms with Gasteiger partial charge < -0.3 is 5.73 Å². The van der Waals surface area contributed by atoms with Crippen molar-refractivity contribution < 1.29 is 8.42 Å². The zero-order chi connectivity index (χ0) is 16.0. The van der Waals surface area contributed by atoms with Gasteiger partial charge in [0.15, 0.2) is 0 Å². The zero-order valence-electron chi connectivity index (χ0n) is 12.1. The molecule has 2 rings (SSSR count). The number of hydrogen-bond donors (Lipinski definition) is 2. The third-order valence-electron chi connectivity index (χ3n) is 2.85. The van der Waals surface area contributed by atoms with Crippen LogP contribution >= 0.6 is 0 Å². The van der Waals surface area contributed by atoms with E-state index in [9.17, 15) is 8.42 Å². The van der Waals surface area contributed by atoms with Crippen molar-refractivity contribution in [1.82, 2.24) is 4.83 Å². The van der Waals surface area contributed by atoms with Gasteiger partial charge in [-0.1, -0.05) is 36.4 Å². The van der Waals surface area contributed by atoms with Gasteiger partial charge >= 0.3 is 0 Å². The molecule has 3 N–H and O–H groups in total. The van der Waals surface area contributed by atoms with Crippen LogP contribution in [0.1, 0.15) is 12.5 Å². The maximum Gasteiger partial charge on any atom is 0.276 e. The normalized spacial score (nSPS) is 12.5. The summed E-state index contributed by atoms with van der Waals surface area (Å²) >= 11 is 0. The highest BCUT2D eigenvalue weighted by Crippen LogP contribution is 2.11. The van der Waals surface area contributed by atoms with E-state index in [2.05, 4.69) is 9.93 Å². The van der Waals surface area contributed by atoms with Gasteiger partial charge in [-0.15, -0.1) is 0 Å². The van der Waals surface area contributed by atoms with Crippen molar-refractivity contribution in [2.45, 2.75) is 11.8 Å². The predicted octanol–water partition coefficient (Wildman–Crippen LogP) is 2.64. The highest BCUT2D eigenvalue weighted by molar-refractivity contribution is 7.89. The summed E-state index contributed by atoms with van der Waals surface area (Å²) in [6, 6.07) is 15.6. The second kappa shape index (κ2) is 6.91. The minimum Gasteiger partial charge on any atom is -0.399 e. The first-order chi connectivity index (χ1) is 10.5. The van der Waals surface area contributed by atoms with Crippen LogP contribution in [-0.2, 0) is 10.0 Å². The number of nitrogens with two attached hydrogens (primary N) is 1. The van der Waals surface area contributed by atoms with Crippen LogP contribution in [0.25, 0.3) is 6.08 Å². The second-order valence-electron chi connectivity index (χ2n) is 4.66. The van der Waals surface area contributed by atoms with E-state index < -0.39 is 10.0 Å². The van der Waals surface area contributed by atoms with Gasteiger partial charge in [0.2, 0.25) is 0 Å². The van der Waals surface area contributed by atoms with Crippen LogP contribution in [0.3, 0.4) is 0 Å². The van der Waals surface area contributed by atoms with Crippen molar-refractivity contribution >= 4 is 27.5 Å². The summed E-state index contributed by atoms with van der Waals surface area (Å²) in [5, 5.41) is 3.87. The molecular weight excluding hydrogens is 298 g/mol. The van der Waals surface area contributed by atoms with E-state index in [1.165, 1.54) is 24.3 Å². The summed E-state index contributed by atoms with van der Waals surface area (Å²) in [4.78, 5) is 2.31. The van der Waals surface area contributed by atoms with E-state index in [0.29, 0.717) is 11.4 Å². The van der Waals surface area contributed by atoms with Gasteiger partial charge in [-0.25, -0.2) is 0 Å². The van der Waals surface area contributed by atoms with E-state index >= 15 is 0 Å². The summed E-state index contributed by atoms with van der Waals surface area (Å²) in [5.74, 6) is 0. The fourth-order valence-electron chi connectivity index (χ4n) is 1.65. The average molecular weight is 315 g/mol. The molecule has 0 fully saturated rings. The molecule has 6 heteroatoms. The first kappa shape index (κ1) is 15.8.